The lowest BCUT2D eigenvalue weighted by molar-refractivity contribution is -0.357. The van der Waals surface area contributed by atoms with Crippen molar-refractivity contribution in [3.05, 3.63) is 47.2 Å². The number of benzene rings is 1. The molecule has 0 spiro atoms. The number of nitrogens with zero attached hydrogens (tertiary/aromatic N) is 2. The molecule has 7 nitrogen and oxygen atoms in total. The molecule has 1 N–H and O–H groups in total. The molecule has 32 heavy (non-hydrogen) atoms. The van der Waals surface area contributed by atoms with Crippen LogP contribution in [0.15, 0.2) is 36.5 Å². The topological polar surface area (TPSA) is 74.6 Å². The van der Waals surface area contributed by atoms with Crippen molar-refractivity contribution < 1.29 is 32.2 Å². The predicted molar refractivity (Wildman–Crippen MR) is 108 cm³/mol. The molecule has 4 rings (SSSR count). The van der Waals surface area contributed by atoms with Crippen molar-refractivity contribution in [1.29, 1.82) is 0 Å². The van der Waals surface area contributed by atoms with Crippen molar-refractivity contribution in [1.82, 2.24) is 15.1 Å². The standard InChI is InChI=1S/C21H23ClF3N3O4/c22-13-1-4-15(5-2-13)28-8-7-18(27-28)19-6-3-14(11-31-19)26-20(29)12-30-16-9-17(10-16)32-21(23,24)25/h1-2,4-5,7-8,14,16-17,19H,3,6,9-12H2,(H,26,29)/t14-,16-,17+,19+/m1/s1. The Balaban J connectivity index is 1.16. The Bertz CT molecular complexity index is 908. The molecule has 0 radical (unpaired) electrons. The second kappa shape index (κ2) is 9.78. The molecule has 1 aromatic heterocycles. The number of aromatic nitrogens is 2. The molecule has 2 aromatic rings. The van der Waals surface area contributed by atoms with E-state index >= 15 is 0 Å². The van der Waals surface area contributed by atoms with Gasteiger partial charge in [0.15, 0.2) is 0 Å². The first-order valence-corrected chi connectivity index (χ1v) is 10.7. The van der Waals surface area contributed by atoms with Gasteiger partial charge in [0.25, 0.3) is 0 Å². The van der Waals surface area contributed by atoms with Gasteiger partial charge < -0.3 is 14.8 Å². The summed E-state index contributed by atoms with van der Waals surface area (Å²) in [6.45, 7) is 0.143. The van der Waals surface area contributed by atoms with Crippen LogP contribution < -0.4 is 5.32 Å². The molecule has 1 saturated carbocycles. The lowest BCUT2D eigenvalue weighted by Gasteiger charge is -2.35. The van der Waals surface area contributed by atoms with Crippen LogP contribution in [-0.4, -0.2) is 53.5 Å². The number of carbonyl (C=O) groups excluding carboxylic acids is 1. The summed E-state index contributed by atoms with van der Waals surface area (Å²) in [6.07, 6.45) is -2.55. The molecule has 2 atom stereocenters. The zero-order chi connectivity index (χ0) is 22.7. The van der Waals surface area contributed by atoms with Crippen molar-refractivity contribution >= 4 is 17.5 Å². The van der Waals surface area contributed by atoms with Gasteiger partial charge in [0.05, 0.1) is 36.2 Å². The average Bonchev–Trinajstić information content (AvgIpc) is 3.20. The zero-order valence-corrected chi connectivity index (χ0v) is 17.8. The maximum Gasteiger partial charge on any atom is 0.522 e. The van der Waals surface area contributed by atoms with E-state index in [1.54, 1.807) is 16.8 Å². The highest BCUT2D eigenvalue weighted by molar-refractivity contribution is 6.30. The first-order chi connectivity index (χ1) is 15.2. The fraction of sp³-hybridized carbons (Fsp3) is 0.524. The molecule has 1 aliphatic heterocycles. The van der Waals surface area contributed by atoms with Gasteiger partial charge in [-0.05, 0) is 43.2 Å². The number of hydrogen-bond donors (Lipinski definition) is 1. The van der Waals surface area contributed by atoms with Gasteiger partial charge in [0.1, 0.15) is 12.7 Å². The average molecular weight is 474 g/mol. The second-order valence-corrected chi connectivity index (χ2v) is 8.35. The number of rotatable bonds is 7. The fourth-order valence-corrected chi connectivity index (χ4v) is 3.87. The molecule has 1 aliphatic carbocycles. The minimum absolute atomic E-state index is 0.129. The molecule has 0 bridgehead atoms. The zero-order valence-electron chi connectivity index (χ0n) is 17.1. The summed E-state index contributed by atoms with van der Waals surface area (Å²) in [5.74, 6) is -0.316. The number of carbonyl (C=O) groups is 1. The quantitative estimate of drug-likeness (QED) is 0.659. The van der Waals surface area contributed by atoms with Crippen LogP contribution >= 0.6 is 11.6 Å². The van der Waals surface area contributed by atoms with E-state index in [9.17, 15) is 18.0 Å². The Morgan fingerprint density at radius 3 is 2.59 bits per heavy atom. The molecule has 2 heterocycles. The number of halogens is 4. The predicted octanol–water partition coefficient (Wildman–Crippen LogP) is 3.95. The van der Waals surface area contributed by atoms with Crippen LogP contribution in [0.2, 0.25) is 5.02 Å². The van der Waals surface area contributed by atoms with Crippen molar-refractivity contribution in [3.63, 3.8) is 0 Å². The summed E-state index contributed by atoms with van der Waals surface area (Å²) in [6, 6.07) is 9.10. The number of amides is 1. The number of nitrogens with one attached hydrogen (secondary N) is 1. The van der Waals surface area contributed by atoms with E-state index in [2.05, 4.69) is 15.2 Å². The monoisotopic (exact) mass is 473 g/mol. The Kier molecular flexibility index (Phi) is 7.04. The van der Waals surface area contributed by atoms with Gasteiger partial charge in [0.2, 0.25) is 5.91 Å². The third-order valence-electron chi connectivity index (χ3n) is 5.47. The Labute approximate surface area is 187 Å². The van der Waals surface area contributed by atoms with Crippen molar-refractivity contribution in [2.75, 3.05) is 13.2 Å². The largest absolute Gasteiger partial charge is 0.522 e. The lowest BCUT2D eigenvalue weighted by Crippen LogP contribution is -2.45. The van der Waals surface area contributed by atoms with E-state index in [1.165, 1.54) is 0 Å². The number of alkyl halides is 3. The molecule has 1 amide bonds. The third kappa shape index (κ3) is 6.22. The summed E-state index contributed by atoms with van der Waals surface area (Å²) >= 11 is 5.92. The highest BCUT2D eigenvalue weighted by Crippen LogP contribution is 2.32. The van der Waals surface area contributed by atoms with Gasteiger partial charge in [-0.3, -0.25) is 9.53 Å². The highest BCUT2D eigenvalue weighted by Gasteiger charge is 2.40. The van der Waals surface area contributed by atoms with E-state index in [0.717, 1.165) is 17.8 Å². The third-order valence-corrected chi connectivity index (χ3v) is 5.73. The van der Waals surface area contributed by atoms with Crippen LogP contribution in [0.25, 0.3) is 5.69 Å². The summed E-state index contributed by atoms with van der Waals surface area (Å²) < 4.78 is 53.2. The summed E-state index contributed by atoms with van der Waals surface area (Å²) in [7, 11) is 0. The van der Waals surface area contributed by atoms with Crippen molar-refractivity contribution in [3.8, 4) is 5.69 Å². The molecule has 1 aromatic carbocycles. The van der Waals surface area contributed by atoms with Gasteiger partial charge in [-0.15, -0.1) is 13.2 Å². The molecule has 0 unspecified atom stereocenters. The smallest absolute Gasteiger partial charge is 0.370 e. The van der Waals surface area contributed by atoms with Gasteiger partial charge in [0, 0.05) is 24.1 Å². The van der Waals surface area contributed by atoms with Crippen LogP contribution in [0.1, 0.15) is 37.5 Å². The summed E-state index contributed by atoms with van der Waals surface area (Å²) in [4.78, 5) is 12.1. The van der Waals surface area contributed by atoms with E-state index in [-0.39, 0.29) is 37.5 Å². The minimum atomic E-state index is -4.64. The van der Waals surface area contributed by atoms with Crippen LogP contribution in [0.3, 0.4) is 0 Å². The first-order valence-electron chi connectivity index (χ1n) is 10.3. The van der Waals surface area contributed by atoms with E-state index < -0.39 is 18.6 Å². The van der Waals surface area contributed by atoms with Crippen LogP contribution in [0.4, 0.5) is 13.2 Å². The van der Waals surface area contributed by atoms with Gasteiger partial charge >= 0.3 is 6.36 Å². The van der Waals surface area contributed by atoms with Crippen molar-refractivity contribution in [2.45, 2.75) is 56.4 Å². The molecule has 2 aliphatic rings. The van der Waals surface area contributed by atoms with Gasteiger partial charge in [-0.2, -0.15) is 5.10 Å². The molecular weight excluding hydrogens is 451 g/mol. The van der Waals surface area contributed by atoms with E-state index in [4.69, 9.17) is 21.1 Å². The SMILES string of the molecule is O=C(CO[C@H]1C[C@@H](OC(F)(F)F)C1)N[C@@H]1CC[C@@H](c2ccn(-c3ccc(Cl)cc3)n2)OC1. The summed E-state index contributed by atoms with van der Waals surface area (Å²) in [5, 5.41) is 8.07. The second-order valence-electron chi connectivity index (χ2n) is 7.92. The summed E-state index contributed by atoms with van der Waals surface area (Å²) in [5.41, 5.74) is 1.71. The number of hydrogen-bond acceptors (Lipinski definition) is 5. The van der Waals surface area contributed by atoms with Gasteiger partial charge in [-0.25, -0.2) is 4.68 Å². The van der Waals surface area contributed by atoms with E-state index in [1.807, 2.05) is 24.4 Å². The van der Waals surface area contributed by atoms with Crippen LogP contribution in [0.5, 0.6) is 0 Å². The van der Waals surface area contributed by atoms with Crippen LogP contribution in [0, 0.1) is 0 Å². The van der Waals surface area contributed by atoms with Gasteiger partial charge in [-0.1, -0.05) is 11.6 Å². The molecular formula is C21H23ClF3N3O4. The molecule has 2 fully saturated rings. The maximum absolute atomic E-state index is 12.1. The minimum Gasteiger partial charge on any atom is -0.370 e. The maximum atomic E-state index is 12.1. The highest BCUT2D eigenvalue weighted by atomic mass is 35.5. The van der Waals surface area contributed by atoms with E-state index in [0.29, 0.717) is 18.1 Å². The Morgan fingerprint density at radius 1 is 1.19 bits per heavy atom. The molecule has 11 heteroatoms. The van der Waals surface area contributed by atoms with Crippen molar-refractivity contribution in [2.24, 2.45) is 0 Å². The fourth-order valence-electron chi connectivity index (χ4n) is 3.75. The first kappa shape index (κ1) is 23.0. The number of ether oxygens (including phenoxy) is 3. The normalized spacial score (nSPS) is 25.9. The lowest BCUT2D eigenvalue weighted by atomic mass is 9.92. The Hall–Kier alpha value is -2.14. The Morgan fingerprint density at radius 2 is 1.94 bits per heavy atom. The molecule has 1 saturated heterocycles. The van der Waals surface area contributed by atoms with Crippen LogP contribution in [-0.2, 0) is 19.0 Å². The molecule has 174 valence electrons.